The van der Waals surface area contributed by atoms with Gasteiger partial charge in [-0.15, -0.1) is 0 Å². The van der Waals surface area contributed by atoms with Gasteiger partial charge in [0, 0.05) is 36.6 Å². The van der Waals surface area contributed by atoms with Crippen LogP contribution >= 0.6 is 35.0 Å². The number of hydrogen-bond acceptors (Lipinski definition) is 6. The second-order valence-electron chi connectivity index (χ2n) is 7.89. The summed E-state index contributed by atoms with van der Waals surface area (Å²) in [6, 6.07) is 1.47. The molecule has 3 rings (SSSR count). The van der Waals surface area contributed by atoms with Crippen LogP contribution in [0.15, 0.2) is 11.2 Å². The minimum absolute atomic E-state index is 0.0136. The lowest BCUT2D eigenvalue weighted by atomic mass is 10.0. The molecule has 3 N–H and O–H groups in total. The Morgan fingerprint density at radius 1 is 1.29 bits per heavy atom. The molecule has 1 fully saturated rings. The summed E-state index contributed by atoms with van der Waals surface area (Å²) in [5, 5.41) is 13.4. The monoisotopic (exact) mass is 485 g/mol. The van der Waals surface area contributed by atoms with Gasteiger partial charge in [-0.05, 0) is 25.7 Å². The molecule has 11 heteroatoms. The quantitative estimate of drug-likeness (QED) is 0.396. The fraction of sp³-hybridized carbons (Fsp3) is 0.500. The molecular weight excluding hydrogens is 461 g/mol. The molecule has 3 heterocycles. The van der Waals surface area contributed by atoms with Crippen molar-refractivity contribution in [3.8, 4) is 0 Å². The number of nitrogens with zero attached hydrogens (tertiary/aromatic N) is 3. The molecule has 0 unspecified atom stereocenters. The summed E-state index contributed by atoms with van der Waals surface area (Å²) in [5.74, 6) is 0.478. The van der Waals surface area contributed by atoms with Gasteiger partial charge in [-0.3, -0.25) is 4.79 Å². The van der Waals surface area contributed by atoms with E-state index in [1.54, 1.807) is 6.92 Å². The Bertz CT molecular complexity index is 974. The van der Waals surface area contributed by atoms with Crippen LogP contribution in [0.3, 0.4) is 0 Å². The van der Waals surface area contributed by atoms with E-state index in [1.807, 2.05) is 4.90 Å². The number of carboxylic acids is 1. The highest BCUT2D eigenvalue weighted by Crippen LogP contribution is 2.29. The zero-order valence-corrected chi connectivity index (χ0v) is 19.9. The van der Waals surface area contributed by atoms with Gasteiger partial charge in [0.15, 0.2) is 10.9 Å². The summed E-state index contributed by atoms with van der Waals surface area (Å²) >= 11 is 13.6. The number of aromatic carboxylic acids is 1. The van der Waals surface area contributed by atoms with Crippen LogP contribution in [0, 0.1) is 12.8 Å². The minimum atomic E-state index is -1.08. The number of amides is 1. The van der Waals surface area contributed by atoms with Crippen molar-refractivity contribution in [2.24, 2.45) is 5.92 Å². The molecule has 1 aliphatic rings. The molecule has 0 bridgehead atoms. The molecule has 31 heavy (non-hydrogen) atoms. The normalized spacial score (nSPS) is 14.8. The molecule has 2 aromatic rings. The van der Waals surface area contributed by atoms with Crippen LogP contribution in [0.4, 0.5) is 5.82 Å². The molecule has 0 aromatic carbocycles. The molecule has 0 radical (unpaired) electrons. The van der Waals surface area contributed by atoms with Gasteiger partial charge in [0.05, 0.1) is 10.0 Å². The Morgan fingerprint density at radius 2 is 1.97 bits per heavy atom. The second kappa shape index (κ2) is 10.1. The highest BCUT2D eigenvalue weighted by atomic mass is 35.5. The van der Waals surface area contributed by atoms with Crippen molar-refractivity contribution in [1.82, 2.24) is 20.3 Å². The number of rotatable bonds is 7. The van der Waals surface area contributed by atoms with E-state index in [4.69, 9.17) is 23.2 Å². The summed E-state index contributed by atoms with van der Waals surface area (Å²) in [6.45, 7) is 7.19. The molecular formula is C20H25Cl2N5O3S. The number of carbonyl (C=O) groups excluding carboxylic acids is 1. The molecule has 0 saturated carbocycles. The number of aromatic amines is 1. The first-order chi connectivity index (χ1) is 14.7. The number of H-pyrrole nitrogens is 1. The number of piperidine rings is 1. The van der Waals surface area contributed by atoms with Crippen LogP contribution < -0.4 is 10.2 Å². The Balaban J connectivity index is 1.65. The van der Waals surface area contributed by atoms with E-state index in [1.165, 1.54) is 17.8 Å². The van der Waals surface area contributed by atoms with Crippen LogP contribution in [0.5, 0.6) is 0 Å². The van der Waals surface area contributed by atoms with Crippen LogP contribution in [0.1, 0.15) is 53.4 Å². The van der Waals surface area contributed by atoms with E-state index in [9.17, 15) is 14.7 Å². The largest absolute Gasteiger partial charge is 0.477 e. The SMILES string of the molecule is Cc1[nH]c(C(=O)NC2CCN(c3cc(C(=O)O)nc(SCC(C)C)n3)CC2)c(Cl)c1Cl. The highest BCUT2D eigenvalue weighted by Gasteiger charge is 2.25. The second-order valence-corrected chi connectivity index (χ2v) is 9.63. The predicted octanol–water partition coefficient (Wildman–Crippen LogP) is 4.27. The minimum Gasteiger partial charge on any atom is -0.477 e. The smallest absolute Gasteiger partial charge is 0.354 e. The topological polar surface area (TPSA) is 111 Å². The van der Waals surface area contributed by atoms with Gasteiger partial charge in [-0.1, -0.05) is 48.8 Å². The van der Waals surface area contributed by atoms with Gasteiger partial charge in [0.25, 0.3) is 5.91 Å². The van der Waals surface area contributed by atoms with Gasteiger partial charge in [-0.2, -0.15) is 0 Å². The maximum atomic E-state index is 12.6. The molecule has 1 aliphatic heterocycles. The molecule has 0 aliphatic carbocycles. The number of anilines is 1. The van der Waals surface area contributed by atoms with Crippen LogP contribution in [0.2, 0.25) is 10.0 Å². The van der Waals surface area contributed by atoms with Gasteiger partial charge in [0.1, 0.15) is 11.5 Å². The Kier molecular flexibility index (Phi) is 7.72. The third-order valence-corrected chi connectivity index (χ3v) is 7.11. The van der Waals surface area contributed by atoms with Crippen molar-refractivity contribution < 1.29 is 14.7 Å². The average molecular weight is 486 g/mol. The Morgan fingerprint density at radius 3 is 2.52 bits per heavy atom. The molecule has 8 nitrogen and oxygen atoms in total. The first-order valence-corrected chi connectivity index (χ1v) is 11.7. The number of aromatic nitrogens is 3. The third-order valence-electron chi connectivity index (χ3n) is 4.89. The first-order valence-electron chi connectivity index (χ1n) is 10.00. The predicted molar refractivity (Wildman–Crippen MR) is 123 cm³/mol. The summed E-state index contributed by atoms with van der Waals surface area (Å²) in [6.07, 6.45) is 1.38. The van der Waals surface area contributed by atoms with Crippen molar-refractivity contribution in [2.45, 2.75) is 44.8 Å². The van der Waals surface area contributed by atoms with Gasteiger partial charge in [-0.25, -0.2) is 14.8 Å². The summed E-state index contributed by atoms with van der Waals surface area (Å²) < 4.78 is 0. The van der Waals surface area contributed by atoms with E-state index in [0.29, 0.717) is 53.5 Å². The molecule has 1 amide bonds. The highest BCUT2D eigenvalue weighted by molar-refractivity contribution is 7.99. The van der Waals surface area contributed by atoms with Crippen molar-refractivity contribution in [3.05, 3.63) is 33.2 Å². The van der Waals surface area contributed by atoms with Crippen molar-refractivity contribution in [1.29, 1.82) is 0 Å². The molecule has 1 saturated heterocycles. The van der Waals surface area contributed by atoms with Crippen LogP contribution in [0.25, 0.3) is 0 Å². The Hall–Kier alpha value is -1.97. The van der Waals surface area contributed by atoms with Gasteiger partial charge in [0.2, 0.25) is 0 Å². The summed E-state index contributed by atoms with van der Waals surface area (Å²) in [4.78, 5) is 37.7. The average Bonchev–Trinajstić information content (AvgIpc) is 3.00. The molecule has 0 atom stereocenters. The molecule has 0 spiro atoms. The van der Waals surface area contributed by atoms with E-state index < -0.39 is 5.97 Å². The number of carboxylic acid groups (broad SMARTS) is 1. The number of nitrogens with one attached hydrogen (secondary N) is 2. The van der Waals surface area contributed by atoms with Gasteiger partial charge >= 0.3 is 5.97 Å². The third kappa shape index (κ3) is 5.84. The molecule has 2 aromatic heterocycles. The number of thioether (sulfide) groups is 1. The fourth-order valence-corrected chi connectivity index (χ4v) is 4.45. The Labute approximate surface area is 195 Å². The molecule has 168 valence electrons. The fourth-order valence-electron chi connectivity index (χ4n) is 3.23. The number of carbonyl (C=O) groups is 2. The zero-order chi connectivity index (χ0) is 22.7. The maximum absolute atomic E-state index is 12.6. The van der Waals surface area contributed by atoms with E-state index in [0.717, 1.165) is 5.75 Å². The lowest BCUT2D eigenvalue weighted by Gasteiger charge is -2.33. The van der Waals surface area contributed by atoms with Crippen molar-refractivity contribution in [3.63, 3.8) is 0 Å². The van der Waals surface area contributed by atoms with E-state index in [-0.39, 0.29) is 28.4 Å². The summed E-state index contributed by atoms with van der Waals surface area (Å²) in [5.41, 5.74) is 0.899. The summed E-state index contributed by atoms with van der Waals surface area (Å²) in [7, 11) is 0. The first kappa shape index (κ1) is 23.7. The standard InChI is InChI=1S/C20H25Cl2N5O3S/c1-10(2)9-31-20-25-13(19(29)30)8-14(26-20)27-6-4-12(5-7-27)24-18(28)17-16(22)15(21)11(3)23-17/h8,10,12,23H,4-7,9H2,1-3H3,(H,24,28)(H,29,30). The van der Waals surface area contributed by atoms with Crippen molar-refractivity contribution in [2.75, 3.05) is 23.7 Å². The number of aryl methyl sites for hydroxylation is 1. The van der Waals surface area contributed by atoms with Crippen LogP contribution in [-0.4, -0.2) is 56.8 Å². The van der Waals surface area contributed by atoms with Gasteiger partial charge < -0.3 is 20.3 Å². The number of halogens is 2. The van der Waals surface area contributed by atoms with Crippen LogP contribution in [-0.2, 0) is 0 Å². The maximum Gasteiger partial charge on any atom is 0.354 e. The van der Waals surface area contributed by atoms with E-state index >= 15 is 0 Å². The zero-order valence-electron chi connectivity index (χ0n) is 17.5. The lowest BCUT2D eigenvalue weighted by Crippen LogP contribution is -2.45. The van der Waals surface area contributed by atoms with Crippen molar-refractivity contribution >= 4 is 52.7 Å². The van der Waals surface area contributed by atoms with E-state index in [2.05, 4.69) is 34.1 Å². The number of hydrogen-bond donors (Lipinski definition) is 3. The lowest BCUT2D eigenvalue weighted by molar-refractivity contribution is 0.0689.